The van der Waals surface area contributed by atoms with Crippen molar-refractivity contribution in [3.05, 3.63) is 107 Å². The first-order valence-electron chi connectivity index (χ1n) is 12.0. The van der Waals surface area contributed by atoms with E-state index in [0.29, 0.717) is 13.0 Å². The molecule has 1 unspecified atom stereocenters. The number of ether oxygens (including phenoxy) is 2. The van der Waals surface area contributed by atoms with Gasteiger partial charge in [-0.05, 0) is 44.7 Å². The average Bonchev–Trinajstić information content (AvgIpc) is 3.17. The van der Waals surface area contributed by atoms with Crippen LogP contribution in [0.5, 0.6) is 0 Å². The molecule has 176 valence electrons. The lowest BCUT2D eigenvalue weighted by molar-refractivity contribution is -0.142. The number of rotatable bonds is 7. The molecule has 0 saturated carbocycles. The lowest BCUT2D eigenvalue weighted by Crippen LogP contribution is -2.16. The molecule has 0 aromatic heterocycles. The van der Waals surface area contributed by atoms with Crippen molar-refractivity contribution in [2.24, 2.45) is 5.92 Å². The molecule has 0 heterocycles. The highest BCUT2D eigenvalue weighted by Crippen LogP contribution is 2.52. The van der Waals surface area contributed by atoms with Crippen molar-refractivity contribution in [2.75, 3.05) is 13.7 Å². The van der Waals surface area contributed by atoms with Gasteiger partial charge in [0.2, 0.25) is 0 Å². The summed E-state index contributed by atoms with van der Waals surface area (Å²) in [7, 11) is 1.43. The number of benzene rings is 3. The second kappa shape index (κ2) is 9.99. The third-order valence-corrected chi connectivity index (χ3v) is 6.41. The summed E-state index contributed by atoms with van der Waals surface area (Å²) in [5, 5.41) is 0. The fourth-order valence-corrected chi connectivity index (χ4v) is 4.79. The Bertz CT molecular complexity index is 1170. The van der Waals surface area contributed by atoms with Gasteiger partial charge >= 0.3 is 5.97 Å². The number of fused-ring (bicyclic) bond motifs is 1. The molecule has 0 saturated heterocycles. The minimum atomic E-state index is -0.213. The number of esters is 1. The van der Waals surface area contributed by atoms with Gasteiger partial charge in [-0.1, -0.05) is 107 Å². The van der Waals surface area contributed by atoms with Crippen LogP contribution in [0.15, 0.2) is 78.9 Å². The molecule has 4 rings (SSSR count). The van der Waals surface area contributed by atoms with Crippen LogP contribution in [-0.2, 0) is 19.7 Å². The first-order chi connectivity index (χ1) is 16.3. The van der Waals surface area contributed by atoms with Gasteiger partial charge in [-0.25, -0.2) is 0 Å². The summed E-state index contributed by atoms with van der Waals surface area (Å²) in [4.78, 5) is 11.8. The van der Waals surface area contributed by atoms with Crippen LogP contribution < -0.4 is 0 Å². The summed E-state index contributed by atoms with van der Waals surface area (Å²) in [5.74, 6) is -0.152. The van der Waals surface area contributed by atoms with Gasteiger partial charge in [-0.3, -0.25) is 4.79 Å². The molecule has 3 nitrogen and oxygen atoms in total. The molecule has 0 radical (unpaired) electrons. The number of carbonyl (C=O) groups excluding carboxylic acids is 1. The highest BCUT2D eigenvalue weighted by Gasteiger charge is 2.37. The molecule has 3 aromatic carbocycles. The topological polar surface area (TPSA) is 35.5 Å². The van der Waals surface area contributed by atoms with E-state index >= 15 is 0 Å². The minimum absolute atomic E-state index is 0.0275. The average molecular weight is 455 g/mol. The summed E-state index contributed by atoms with van der Waals surface area (Å²) in [6.07, 6.45) is 0.128. The van der Waals surface area contributed by atoms with Crippen LogP contribution in [0.4, 0.5) is 0 Å². The standard InChI is InChI=1S/C31H34O3/c1-21(19-26(32)33-5)20-34-30-24-17-12-18-25(31(2,3)4)29(24)27(22-13-8-6-9-14-22)28(30)23-15-10-7-11-16-23/h6-18,21,30H,19-20H2,1-5H3/t21-,30?/m1/s1. The molecule has 3 heteroatoms. The van der Waals surface area contributed by atoms with Gasteiger partial charge in [-0.15, -0.1) is 0 Å². The molecule has 0 bridgehead atoms. The van der Waals surface area contributed by atoms with Gasteiger partial charge in [0.25, 0.3) is 0 Å². The summed E-state index contributed by atoms with van der Waals surface area (Å²) in [6.45, 7) is 9.29. The Morgan fingerprint density at radius 1 is 0.882 bits per heavy atom. The molecule has 0 spiro atoms. The highest BCUT2D eigenvalue weighted by molar-refractivity contribution is 6.06. The Balaban J connectivity index is 1.90. The maximum atomic E-state index is 11.8. The van der Waals surface area contributed by atoms with Crippen LogP contribution in [0.25, 0.3) is 11.1 Å². The van der Waals surface area contributed by atoms with Crippen LogP contribution in [0.3, 0.4) is 0 Å². The van der Waals surface area contributed by atoms with Crippen molar-refractivity contribution in [1.82, 2.24) is 0 Å². The van der Waals surface area contributed by atoms with E-state index in [1.165, 1.54) is 40.5 Å². The molecule has 0 fully saturated rings. The third kappa shape index (κ3) is 4.85. The molecule has 0 aliphatic heterocycles. The third-order valence-electron chi connectivity index (χ3n) is 6.41. The quantitative estimate of drug-likeness (QED) is 0.354. The summed E-state index contributed by atoms with van der Waals surface area (Å²) in [6, 6.07) is 27.7. The van der Waals surface area contributed by atoms with Crippen molar-refractivity contribution in [1.29, 1.82) is 0 Å². The SMILES string of the molecule is COC(=O)C[C@@H](C)COC1C(c2ccccc2)=C(c2ccccc2)c2c1cccc2C(C)(C)C. The van der Waals surface area contributed by atoms with Crippen molar-refractivity contribution in [3.8, 4) is 0 Å². The van der Waals surface area contributed by atoms with Crippen molar-refractivity contribution < 1.29 is 14.3 Å². The Morgan fingerprint density at radius 2 is 1.50 bits per heavy atom. The first kappa shape index (κ1) is 24.0. The lowest BCUT2D eigenvalue weighted by Gasteiger charge is -2.25. The molecule has 1 aliphatic carbocycles. The molecule has 1 aliphatic rings. The Hall–Kier alpha value is -3.17. The van der Waals surface area contributed by atoms with Gasteiger partial charge in [0, 0.05) is 5.57 Å². The number of hydrogen-bond donors (Lipinski definition) is 0. The smallest absolute Gasteiger partial charge is 0.305 e. The maximum Gasteiger partial charge on any atom is 0.305 e. The number of hydrogen-bond acceptors (Lipinski definition) is 3. The zero-order valence-corrected chi connectivity index (χ0v) is 20.8. The minimum Gasteiger partial charge on any atom is -0.469 e. The molecule has 34 heavy (non-hydrogen) atoms. The van der Waals surface area contributed by atoms with E-state index in [0.717, 1.165) is 5.56 Å². The van der Waals surface area contributed by atoms with E-state index in [2.05, 4.69) is 93.6 Å². The molecule has 0 N–H and O–H groups in total. The van der Waals surface area contributed by atoms with Crippen LogP contribution in [0.1, 0.15) is 68.0 Å². The first-order valence-corrected chi connectivity index (χ1v) is 12.0. The van der Waals surface area contributed by atoms with Gasteiger partial charge in [0.1, 0.15) is 6.10 Å². The van der Waals surface area contributed by atoms with E-state index in [4.69, 9.17) is 9.47 Å². The van der Waals surface area contributed by atoms with Gasteiger partial charge in [0.15, 0.2) is 0 Å². The Labute approximate surface area is 203 Å². The van der Waals surface area contributed by atoms with Crippen molar-refractivity contribution in [3.63, 3.8) is 0 Å². The van der Waals surface area contributed by atoms with Crippen LogP contribution in [0, 0.1) is 5.92 Å². The van der Waals surface area contributed by atoms with Crippen LogP contribution in [-0.4, -0.2) is 19.7 Å². The van der Waals surface area contributed by atoms with Crippen LogP contribution in [0.2, 0.25) is 0 Å². The largest absolute Gasteiger partial charge is 0.469 e. The fraction of sp³-hybridized carbons (Fsp3) is 0.323. The monoisotopic (exact) mass is 454 g/mol. The molecular formula is C31H34O3. The summed E-state index contributed by atoms with van der Waals surface area (Å²) >= 11 is 0. The Kier molecular flexibility index (Phi) is 7.04. The van der Waals surface area contributed by atoms with E-state index in [1.807, 2.05) is 13.0 Å². The molecular weight excluding hydrogens is 420 g/mol. The zero-order valence-electron chi connectivity index (χ0n) is 20.8. The predicted octanol–water partition coefficient (Wildman–Crippen LogP) is 7.21. The molecule has 3 aromatic rings. The number of methoxy groups -OCH3 is 1. The highest BCUT2D eigenvalue weighted by atomic mass is 16.5. The van der Waals surface area contributed by atoms with Crippen molar-refractivity contribution in [2.45, 2.75) is 45.6 Å². The molecule has 2 atom stereocenters. The van der Waals surface area contributed by atoms with Crippen LogP contribution >= 0.6 is 0 Å². The van der Waals surface area contributed by atoms with E-state index in [9.17, 15) is 4.79 Å². The second-order valence-corrected chi connectivity index (χ2v) is 10.1. The van der Waals surface area contributed by atoms with Crippen molar-refractivity contribution >= 4 is 17.1 Å². The number of carbonyl (C=O) groups is 1. The van der Waals surface area contributed by atoms with Gasteiger partial charge < -0.3 is 9.47 Å². The van der Waals surface area contributed by atoms with Gasteiger partial charge in [-0.2, -0.15) is 0 Å². The van der Waals surface area contributed by atoms with E-state index in [-0.39, 0.29) is 23.4 Å². The molecule has 0 amide bonds. The van der Waals surface area contributed by atoms with E-state index < -0.39 is 0 Å². The van der Waals surface area contributed by atoms with E-state index in [1.54, 1.807) is 0 Å². The van der Waals surface area contributed by atoms with Gasteiger partial charge in [0.05, 0.1) is 20.1 Å². The fourth-order valence-electron chi connectivity index (χ4n) is 4.79. The second-order valence-electron chi connectivity index (χ2n) is 10.1. The predicted molar refractivity (Wildman–Crippen MR) is 138 cm³/mol. The summed E-state index contributed by atoms with van der Waals surface area (Å²) < 4.78 is 11.5. The maximum absolute atomic E-state index is 11.8. The lowest BCUT2D eigenvalue weighted by atomic mass is 9.80. The summed E-state index contributed by atoms with van der Waals surface area (Å²) in [5.41, 5.74) is 8.50. The zero-order chi connectivity index (χ0) is 24.3. The Morgan fingerprint density at radius 3 is 2.09 bits per heavy atom. The normalized spacial score (nSPS) is 16.3.